The number of nitriles is 1. The van der Waals surface area contributed by atoms with Crippen LogP contribution in [0.1, 0.15) is 25.7 Å². The van der Waals surface area contributed by atoms with E-state index in [0.29, 0.717) is 38.9 Å². The minimum Gasteiger partial charge on any atom is -0.342 e. The van der Waals surface area contributed by atoms with E-state index in [-0.39, 0.29) is 29.2 Å². The molecule has 0 spiro atoms. The van der Waals surface area contributed by atoms with E-state index in [1.165, 1.54) is 4.31 Å². The molecular weight excluding hydrogens is 338 g/mol. The lowest BCUT2D eigenvalue weighted by Gasteiger charge is -2.36. The first kappa shape index (κ1) is 17.9. The largest absolute Gasteiger partial charge is 0.342 e. The Morgan fingerprint density at radius 2 is 1.76 bits per heavy atom. The van der Waals surface area contributed by atoms with Gasteiger partial charge in [0, 0.05) is 32.1 Å². The highest BCUT2D eigenvalue weighted by molar-refractivity contribution is 7.89. The fourth-order valence-corrected chi connectivity index (χ4v) is 5.14. The zero-order valence-electron chi connectivity index (χ0n) is 14.2. The van der Waals surface area contributed by atoms with Gasteiger partial charge in [0.15, 0.2) is 0 Å². The molecule has 1 aromatic carbocycles. The van der Waals surface area contributed by atoms with Crippen LogP contribution < -0.4 is 0 Å². The zero-order valence-corrected chi connectivity index (χ0v) is 15.0. The van der Waals surface area contributed by atoms with Crippen molar-refractivity contribution in [1.29, 1.82) is 5.26 Å². The van der Waals surface area contributed by atoms with Crippen molar-refractivity contribution in [3.8, 4) is 6.07 Å². The molecular formula is C18H23N3O3S. The molecule has 1 unspecified atom stereocenters. The molecule has 0 aromatic heterocycles. The van der Waals surface area contributed by atoms with Crippen molar-refractivity contribution in [2.24, 2.45) is 11.8 Å². The molecule has 2 aliphatic heterocycles. The summed E-state index contributed by atoms with van der Waals surface area (Å²) in [5.41, 5.74) is 0. The van der Waals surface area contributed by atoms with Crippen molar-refractivity contribution >= 4 is 15.9 Å². The molecule has 0 bridgehead atoms. The molecule has 1 atom stereocenters. The van der Waals surface area contributed by atoms with E-state index in [2.05, 4.69) is 6.07 Å². The van der Waals surface area contributed by atoms with Gasteiger partial charge < -0.3 is 4.90 Å². The van der Waals surface area contributed by atoms with Gasteiger partial charge in [-0.3, -0.25) is 4.79 Å². The van der Waals surface area contributed by atoms with Crippen molar-refractivity contribution in [2.75, 3.05) is 26.2 Å². The molecule has 0 saturated carbocycles. The van der Waals surface area contributed by atoms with Crippen molar-refractivity contribution < 1.29 is 13.2 Å². The standard InChI is InChI=1S/C18H23N3O3S/c19-13-15-8-11-20(12-9-15)18(22)16-5-4-10-21(14-16)25(23,24)17-6-2-1-3-7-17/h1-3,6-7,15-16H,4-5,8-12,14H2. The van der Waals surface area contributed by atoms with Gasteiger partial charge in [-0.05, 0) is 37.8 Å². The Labute approximate surface area is 149 Å². The average Bonchev–Trinajstić information content (AvgIpc) is 2.68. The van der Waals surface area contributed by atoms with Crippen LogP contribution in [0.15, 0.2) is 35.2 Å². The Morgan fingerprint density at radius 3 is 2.40 bits per heavy atom. The number of rotatable bonds is 3. The van der Waals surface area contributed by atoms with Crippen LogP contribution in [0.25, 0.3) is 0 Å². The highest BCUT2D eigenvalue weighted by atomic mass is 32.2. The second-order valence-electron chi connectivity index (χ2n) is 6.74. The third-order valence-corrected chi connectivity index (χ3v) is 6.98. The molecule has 7 heteroatoms. The number of benzene rings is 1. The first-order valence-electron chi connectivity index (χ1n) is 8.76. The predicted octanol–water partition coefficient (Wildman–Crippen LogP) is 1.85. The number of hydrogen-bond donors (Lipinski definition) is 0. The molecule has 6 nitrogen and oxygen atoms in total. The van der Waals surface area contributed by atoms with Gasteiger partial charge in [-0.15, -0.1) is 0 Å². The van der Waals surface area contributed by atoms with Crippen LogP contribution in [0.2, 0.25) is 0 Å². The molecule has 0 radical (unpaired) electrons. The maximum Gasteiger partial charge on any atom is 0.243 e. The van der Waals surface area contributed by atoms with E-state index >= 15 is 0 Å². The molecule has 3 rings (SSSR count). The van der Waals surface area contributed by atoms with E-state index < -0.39 is 10.0 Å². The third-order valence-electron chi connectivity index (χ3n) is 5.10. The molecule has 25 heavy (non-hydrogen) atoms. The van der Waals surface area contributed by atoms with E-state index in [1.54, 1.807) is 35.2 Å². The van der Waals surface area contributed by atoms with Gasteiger partial charge in [0.25, 0.3) is 0 Å². The van der Waals surface area contributed by atoms with Gasteiger partial charge in [0.05, 0.1) is 16.9 Å². The third kappa shape index (κ3) is 3.86. The maximum atomic E-state index is 12.8. The number of carbonyl (C=O) groups is 1. The molecule has 2 fully saturated rings. The van der Waals surface area contributed by atoms with Gasteiger partial charge in [0.2, 0.25) is 15.9 Å². The molecule has 2 saturated heterocycles. The Morgan fingerprint density at radius 1 is 1.08 bits per heavy atom. The van der Waals surface area contributed by atoms with Gasteiger partial charge >= 0.3 is 0 Å². The summed E-state index contributed by atoms with van der Waals surface area (Å²) in [6.07, 6.45) is 2.83. The Hall–Kier alpha value is -1.91. The van der Waals surface area contributed by atoms with Gasteiger partial charge in [-0.1, -0.05) is 18.2 Å². The number of amides is 1. The van der Waals surface area contributed by atoms with Crippen LogP contribution in [0, 0.1) is 23.2 Å². The van der Waals surface area contributed by atoms with Crippen molar-refractivity contribution in [2.45, 2.75) is 30.6 Å². The summed E-state index contributed by atoms with van der Waals surface area (Å²) in [4.78, 5) is 14.9. The number of sulfonamides is 1. The molecule has 1 amide bonds. The number of likely N-dealkylation sites (tertiary alicyclic amines) is 1. The molecule has 134 valence electrons. The van der Waals surface area contributed by atoms with Crippen LogP contribution in [-0.2, 0) is 14.8 Å². The smallest absolute Gasteiger partial charge is 0.243 e. The van der Waals surface area contributed by atoms with Gasteiger partial charge in [-0.25, -0.2) is 8.42 Å². The predicted molar refractivity (Wildman–Crippen MR) is 92.8 cm³/mol. The second-order valence-corrected chi connectivity index (χ2v) is 8.68. The number of hydrogen-bond acceptors (Lipinski definition) is 4. The van der Waals surface area contributed by atoms with Crippen molar-refractivity contribution in [3.05, 3.63) is 30.3 Å². The van der Waals surface area contributed by atoms with Crippen LogP contribution >= 0.6 is 0 Å². The average molecular weight is 361 g/mol. The van der Waals surface area contributed by atoms with Crippen molar-refractivity contribution in [1.82, 2.24) is 9.21 Å². The highest BCUT2D eigenvalue weighted by Crippen LogP contribution is 2.26. The summed E-state index contributed by atoms with van der Waals surface area (Å²) < 4.78 is 27.0. The zero-order chi connectivity index (χ0) is 17.9. The summed E-state index contributed by atoms with van der Waals surface area (Å²) in [7, 11) is -3.55. The van der Waals surface area contributed by atoms with Gasteiger partial charge in [-0.2, -0.15) is 9.57 Å². The Balaban J connectivity index is 1.67. The van der Waals surface area contributed by atoms with E-state index in [0.717, 1.165) is 6.42 Å². The Kier molecular flexibility index (Phi) is 5.40. The number of piperidine rings is 2. The van der Waals surface area contributed by atoms with E-state index in [9.17, 15) is 13.2 Å². The maximum absolute atomic E-state index is 12.8. The molecule has 0 N–H and O–H groups in total. The van der Waals surface area contributed by atoms with E-state index in [1.807, 2.05) is 0 Å². The highest BCUT2D eigenvalue weighted by Gasteiger charge is 2.35. The SMILES string of the molecule is N#CC1CCN(C(=O)C2CCCN(S(=O)(=O)c3ccccc3)C2)CC1. The molecule has 1 aromatic rings. The second kappa shape index (κ2) is 7.54. The normalized spacial score (nSPS) is 23.2. The molecule has 2 heterocycles. The lowest BCUT2D eigenvalue weighted by molar-refractivity contribution is -0.137. The lowest BCUT2D eigenvalue weighted by Crippen LogP contribution is -2.48. The van der Waals surface area contributed by atoms with Crippen molar-refractivity contribution in [3.63, 3.8) is 0 Å². The fourth-order valence-electron chi connectivity index (χ4n) is 3.59. The molecule has 2 aliphatic rings. The molecule has 0 aliphatic carbocycles. The summed E-state index contributed by atoms with van der Waals surface area (Å²) in [6, 6.07) is 10.6. The quantitative estimate of drug-likeness (QED) is 0.823. The summed E-state index contributed by atoms with van der Waals surface area (Å²) in [5.74, 6) is -0.222. The number of nitrogens with zero attached hydrogens (tertiary/aromatic N) is 3. The summed E-state index contributed by atoms with van der Waals surface area (Å²) in [5, 5.41) is 8.97. The first-order valence-corrected chi connectivity index (χ1v) is 10.2. The topological polar surface area (TPSA) is 81.5 Å². The Bertz CT molecular complexity index is 750. The van der Waals surface area contributed by atoms with Crippen LogP contribution in [0.4, 0.5) is 0 Å². The lowest BCUT2D eigenvalue weighted by atomic mass is 9.94. The fraction of sp³-hybridized carbons (Fsp3) is 0.556. The van der Waals surface area contributed by atoms with Crippen LogP contribution in [0.5, 0.6) is 0 Å². The van der Waals surface area contributed by atoms with Crippen LogP contribution in [0.3, 0.4) is 0 Å². The monoisotopic (exact) mass is 361 g/mol. The summed E-state index contributed by atoms with van der Waals surface area (Å²) in [6.45, 7) is 1.89. The minimum absolute atomic E-state index is 0.0318. The van der Waals surface area contributed by atoms with E-state index in [4.69, 9.17) is 5.26 Å². The summed E-state index contributed by atoms with van der Waals surface area (Å²) >= 11 is 0. The number of carbonyl (C=O) groups excluding carboxylic acids is 1. The van der Waals surface area contributed by atoms with Gasteiger partial charge in [0.1, 0.15) is 0 Å². The minimum atomic E-state index is -3.55. The first-order chi connectivity index (χ1) is 12.0. The van der Waals surface area contributed by atoms with Crippen LogP contribution in [-0.4, -0.2) is 49.7 Å².